The van der Waals surface area contributed by atoms with E-state index in [4.69, 9.17) is 29.0 Å². The number of nitrogens with zero attached hydrogens (tertiary/aromatic N) is 5. The van der Waals surface area contributed by atoms with Crippen LogP contribution in [0.5, 0.6) is 11.8 Å². The van der Waals surface area contributed by atoms with Gasteiger partial charge in [-0.25, -0.2) is 4.79 Å². The van der Waals surface area contributed by atoms with Crippen molar-refractivity contribution in [3.63, 3.8) is 0 Å². The third-order valence-electron chi connectivity index (χ3n) is 11.6. The van der Waals surface area contributed by atoms with Crippen molar-refractivity contribution in [3.05, 3.63) is 102 Å². The lowest BCUT2D eigenvalue weighted by Gasteiger charge is -2.55. The van der Waals surface area contributed by atoms with Crippen molar-refractivity contribution in [1.82, 2.24) is 19.7 Å². The van der Waals surface area contributed by atoms with Crippen LogP contribution in [-0.2, 0) is 29.7 Å². The Hall–Kier alpha value is -5.09. The lowest BCUT2D eigenvalue weighted by Crippen LogP contribution is -2.61. The summed E-state index contributed by atoms with van der Waals surface area (Å²) in [6.45, 7) is 12.4. The van der Waals surface area contributed by atoms with Gasteiger partial charge in [0, 0.05) is 55.8 Å². The Balaban J connectivity index is 0.904. The standard InChI is InChI=1S/C46H55N5O5/c1-32-27-46(30-51(31-46)44(52)56-45(2,3)4)23-20-40(32)55-36-21-24-50(25-22-36)35-16-17-37-39(26-35)49(5)48-42(37)38-18-19-41(53-28-33-12-8-6-9-13-33)47-43(38)54-29-34-14-10-7-11-15-34/h6-19,26,32,36,40H,20-25,27-31H2,1-5H3/t32-,40-/m1/s1. The fraction of sp³-hybridized carbons (Fsp3) is 0.457. The van der Waals surface area contributed by atoms with Crippen LogP contribution in [0.4, 0.5) is 10.5 Å². The third kappa shape index (κ3) is 8.50. The van der Waals surface area contributed by atoms with E-state index in [-0.39, 0.29) is 23.7 Å². The van der Waals surface area contributed by atoms with E-state index in [1.807, 2.05) is 110 Å². The van der Waals surface area contributed by atoms with Gasteiger partial charge in [0.2, 0.25) is 11.8 Å². The van der Waals surface area contributed by atoms with Crippen LogP contribution in [-0.4, -0.2) is 69.7 Å². The van der Waals surface area contributed by atoms with E-state index in [1.165, 1.54) is 5.69 Å². The van der Waals surface area contributed by atoms with E-state index >= 15 is 0 Å². The first-order valence-electron chi connectivity index (χ1n) is 20.2. The van der Waals surface area contributed by atoms with Gasteiger partial charge in [0.05, 0.1) is 23.3 Å². The number of aryl methyl sites for hydroxylation is 1. The van der Waals surface area contributed by atoms with Gasteiger partial charge in [-0.3, -0.25) is 4.68 Å². The van der Waals surface area contributed by atoms with Gasteiger partial charge in [-0.1, -0.05) is 67.6 Å². The van der Waals surface area contributed by atoms with Gasteiger partial charge >= 0.3 is 6.09 Å². The van der Waals surface area contributed by atoms with Gasteiger partial charge in [0.15, 0.2) is 0 Å². The molecule has 56 heavy (non-hydrogen) atoms. The zero-order valence-electron chi connectivity index (χ0n) is 33.4. The second-order valence-electron chi connectivity index (χ2n) is 17.1. The smallest absolute Gasteiger partial charge is 0.410 e. The molecule has 5 aromatic rings. The molecule has 1 aliphatic carbocycles. The molecule has 3 aliphatic rings. The highest BCUT2D eigenvalue weighted by Crippen LogP contribution is 2.47. The van der Waals surface area contributed by atoms with Crippen molar-refractivity contribution in [2.45, 2.75) is 90.8 Å². The Bertz CT molecular complexity index is 2120. The molecular formula is C46H55N5O5. The lowest BCUT2D eigenvalue weighted by molar-refractivity contribution is -0.118. The molecule has 3 fully saturated rings. The van der Waals surface area contributed by atoms with Crippen LogP contribution in [0.3, 0.4) is 0 Å². The molecule has 2 atom stereocenters. The number of rotatable bonds is 10. The van der Waals surface area contributed by atoms with Crippen molar-refractivity contribution < 1.29 is 23.7 Å². The molecule has 4 heterocycles. The molecule has 10 heteroatoms. The molecule has 8 rings (SSSR count). The highest BCUT2D eigenvalue weighted by molar-refractivity contribution is 5.96. The molecule has 1 spiro atoms. The molecule has 1 saturated carbocycles. The number of hydrogen-bond acceptors (Lipinski definition) is 8. The van der Waals surface area contributed by atoms with Gasteiger partial charge in [0.1, 0.15) is 24.5 Å². The summed E-state index contributed by atoms with van der Waals surface area (Å²) < 4.78 is 26.8. The van der Waals surface area contributed by atoms with E-state index < -0.39 is 5.60 Å². The number of aromatic nitrogens is 3. The molecule has 294 valence electrons. The maximum atomic E-state index is 12.5. The number of amides is 1. The van der Waals surface area contributed by atoms with E-state index in [9.17, 15) is 4.79 Å². The summed E-state index contributed by atoms with van der Waals surface area (Å²) in [6.07, 6.45) is 5.62. The Morgan fingerprint density at radius 1 is 0.857 bits per heavy atom. The van der Waals surface area contributed by atoms with Crippen molar-refractivity contribution in [1.29, 1.82) is 0 Å². The highest BCUT2D eigenvalue weighted by atomic mass is 16.6. The Morgan fingerprint density at radius 3 is 2.20 bits per heavy atom. The summed E-state index contributed by atoms with van der Waals surface area (Å²) in [5.74, 6) is 1.47. The molecule has 1 amide bonds. The van der Waals surface area contributed by atoms with Gasteiger partial charge in [-0.05, 0) is 94.2 Å². The minimum absolute atomic E-state index is 0.185. The fourth-order valence-electron chi connectivity index (χ4n) is 8.75. The molecule has 2 saturated heterocycles. The lowest BCUT2D eigenvalue weighted by atomic mass is 9.64. The van der Waals surface area contributed by atoms with Crippen molar-refractivity contribution in [2.24, 2.45) is 18.4 Å². The molecule has 2 aliphatic heterocycles. The SMILES string of the molecule is C[C@@H]1CC2(CC[C@H]1OC1CCN(c3ccc4c(-c5ccc(OCc6ccccc6)nc5OCc5ccccc5)nn(C)c4c3)CC1)CN(C(=O)OC(C)(C)C)C2. The number of carbonyl (C=O) groups excluding carboxylic acids is 1. The van der Waals surface area contributed by atoms with Crippen LogP contribution in [0, 0.1) is 11.3 Å². The molecule has 2 aromatic heterocycles. The number of benzene rings is 3. The summed E-state index contributed by atoms with van der Waals surface area (Å²) in [5.41, 5.74) is 5.80. The predicted molar refractivity (Wildman–Crippen MR) is 219 cm³/mol. The van der Waals surface area contributed by atoms with Crippen LogP contribution in [0.1, 0.15) is 70.9 Å². The number of fused-ring (bicyclic) bond motifs is 1. The van der Waals surface area contributed by atoms with Gasteiger partial charge in [0.25, 0.3) is 0 Å². The maximum Gasteiger partial charge on any atom is 0.410 e. The number of hydrogen-bond donors (Lipinski definition) is 0. The van der Waals surface area contributed by atoms with Crippen LogP contribution < -0.4 is 14.4 Å². The van der Waals surface area contributed by atoms with E-state index in [0.29, 0.717) is 30.9 Å². The summed E-state index contributed by atoms with van der Waals surface area (Å²) in [6, 6.07) is 30.8. The molecule has 0 unspecified atom stereocenters. The zero-order chi connectivity index (χ0) is 38.9. The first kappa shape index (κ1) is 37.8. The summed E-state index contributed by atoms with van der Waals surface area (Å²) in [4.78, 5) is 21.7. The molecule has 3 aromatic carbocycles. The monoisotopic (exact) mass is 757 g/mol. The number of ether oxygens (including phenoxy) is 4. The topological polar surface area (TPSA) is 91.2 Å². The maximum absolute atomic E-state index is 12.5. The van der Waals surface area contributed by atoms with Crippen LogP contribution in [0.25, 0.3) is 22.2 Å². The summed E-state index contributed by atoms with van der Waals surface area (Å²) >= 11 is 0. The number of piperidine rings is 1. The summed E-state index contributed by atoms with van der Waals surface area (Å²) in [5, 5.41) is 6.05. The second-order valence-corrected chi connectivity index (χ2v) is 17.1. The molecule has 0 bridgehead atoms. The highest BCUT2D eigenvalue weighted by Gasteiger charge is 2.50. The Labute approximate surface area is 330 Å². The quantitative estimate of drug-likeness (QED) is 0.139. The first-order chi connectivity index (χ1) is 27.0. The number of pyridine rings is 1. The molecule has 10 nitrogen and oxygen atoms in total. The number of carbonyl (C=O) groups is 1. The molecule has 0 radical (unpaired) electrons. The van der Waals surface area contributed by atoms with E-state index in [1.54, 1.807) is 0 Å². The van der Waals surface area contributed by atoms with Crippen molar-refractivity contribution in [3.8, 4) is 23.0 Å². The van der Waals surface area contributed by atoms with Crippen LogP contribution >= 0.6 is 0 Å². The second kappa shape index (κ2) is 15.8. The first-order valence-corrected chi connectivity index (χ1v) is 20.2. The average molecular weight is 758 g/mol. The van der Waals surface area contributed by atoms with Crippen molar-refractivity contribution in [2.75, 3.05) is 31.1 Å². The average Bonchev–Trinajstić information content (AvgIpc) is 3.51. The normalized spacial score (nSPS) is 19.9. The largest absolute Gasteiger partial charge is 0.473 e. The molecule has 0 N–H and O–H groups in total. The summed E-state index contributed by atoms with van der Waals surface area (Å²) in [7, 11) is 2.00. The number of anilines is 1. The fourth-order valence-corrected chi connectivity index (χ4v) is 8.75. The number of likely N-dealkylation sites (tertiary alicyclic amines) is 1. The third-order valence-corrected chi connectivity index (χ3v) is 11.6. The van der Waals surface area contributed by atoms with Crippen LogP contribution in [0.2, 0.25) is 0 Å². The van der Waals surface area contributed by atoms with E-state index in [0.717, 1.165) is 91.6 Å². The van der Waals surface area contributed by atoms with Gasteiger partial charge in [-0.2, -0.15) is 10.1 Å². The Morgan fingerprint density at radius 2 is 1.54 bits per heavy atom. The minimum Gasteiger partial charge on any atom is -0.473 e. The predicted octanol–water partition coefficient (Wildman–Crippen LogP) is 9.20. The van der Waals surface area contributed by atoms with Crippen molar-refractivity contribution >= 4 is 22.7 Å². The van der Waals surface area contributed by atoms with Gasteiger partial charge in [-0.15, -0.1) is 0 Å². The van der Waals surface area contributed by atoms with E-state index in [2.05, 4.69) is 30.0 Å². The zero-order valence-corrected chi connectivity index (χ0v) is 33.4. The van der Waals surface area contributed by atoms with Crippen LogP contribution in [0.15, 0.2) is 91.0 Å². The Kier molecular flexibility index (Phi) is 10.7. The molecular weight excluding hydrogens is 703 g/mol. The van der Waals surface area contributed by atoms with Gasteiger partial charge < -0.3 is 28.7 Å². The minimum atomic E-state index is -0.461.